The van der Waals surface area contributed by atoms with Crippen LogP contribution < -0.4 is 5.32 Å². The van der Waals surface area contributed by atoms with Gasteiger partial charge in [0.1, 0.15) is 0 Å². The van der Waals surface area contributed by atoms with Crippen molar-refractivity contribution in [3.05, 3.63) is 47.0 Å². The molecule has 0 aliphatic heterocycles. The first-order valence-corrected chi connectivity index (χ1v) is 6.33. The van der Waals surface area contributed by atoms with Gasteiger partial charge in [-0.15, -0.1) is 11.3 Å². The number of hydrogen-bond donors (Lipinski definition) is 1. The number of nitrogens with zero attached hydrogens (tertiary/aromatic N) is 1. The lowest BCUT2D eigenvalue weighted by Gasteiger charge is -2.01. The van der Waals surface area contributed by atoms with E-state index < -0.39 is 0 Å². The van der Waals surface area contributed by atoms with Crippen LogP contribution in [0, 0.1) is 6.92 Å². The lowest BCUT2D eigenvalue weighted by molar-refractivity contribution is -0.115. The summed E-state index contributed by atoms with van der Waals surface area (Å²) in [5.41, 5.74) is 1.40. The molecule has 0 atom stereocenters. The van der Waals surface area contributed by atoms with Crippen LogP contribution in [0.1, 0.15) is 22.5 Å². The highest BCUT2D eigenvalue weighted by Gasteiger charge is 2.12. The summed E-state index contributed by atoms with van der Waals surface area (Å²) in [6, 6.07) is 8.77. The van der Waals surface area contributed by atoms with Crippen LogP contribution in [0.25, 0.3) is 0 Å². The van der Waals surface area contributed by atoms with Gasteiger partial charge in [0.25, 0.3) is 0 Å². The van der Waals surface area contributed by atoms with Crippen LogP contribution in [-0.4, -0.2) is 16.7 Å². The molecule has 0 saturated heterocycles. The predicted molar refractivity (Wildman–Crippen MR) is 70.9 cm³/mol. The number of benzene rings is 1. The van der Waals surface area contributed by atoms with E-state index in [4.69, 9.17) is 0 Å². The van der Waals surface area contributed by atoms with Gasteiger partial charge < -0.3 is 5.32 Å². The van der Waals surface area contributed by atoms with Gasteiger partial charge in [-0.3, -0.25) is 9.59 Å². The van der Waals surface area contributed by atoms with Crippen LogP contribution in [0.5, 0.6) is 0 Å². The number of rotatable bonds is 4. The molecule has 1 heterocycles. The summed E-state index contributed by atoms with van der Waals surface area (Å²) in [6.45, 7) is 1.85. The number of aryl methyl sites for hydroxylation is 1. The third-order valence-electron chi connectivity index (χ3n) is 2.28. The third-order valence-corrected chi connectivity index (χ3v) is 3.16. The number of aromatic nitrogens is 1. The second-order valence-corrected chi connectivity index (χ2v) is 4.67. The molecule has 0 fully saturated rings. The van der Waals surface area contributed by atoms with Gasteiger partial charge >= 0.3 is 0 Å². The third kappa shape index (κ3) is 3.24. The lowest BCUT2D eigenvalue weighted by Crippen LogP contribution is -2.16. The van der Waals surface area contributed by atoms with Gasteiger partial charge in [-0.2, -0.15) is 0 Å². The minimum atomic E-state index is -0.335. The van der Waals surface area contributed by atoms with Gasteiger partial charge in [0.15, 0.2) is 10.9 Å². The molecule has 1 aromatic carbocycles. The molecular formula is C13H12N2O2S. The average molecular weight is 260 g/mol. The van der Waals surface area contributed by atoms with E-state index in [1.807, 2.05) is 18.4 Å². The summed E-state index contributed by atoms with van der Waals surface area (Å²) in [5, 5.41) is 4.98. The maximum Gasteiger partial charge on any atom is 0.233 e. The molecule has 0 aliphatic rings. The van der Waals surface area contributed by atoms with Crippen LogP contribution >= 0.6 is 11.3 Å². The SMILES string of the molecule is Cc1csc(NC(=O)CC(=O)c2ccccc2)n1. The first kappa shape index (κ1) is 12.4. The predicted octanol–water partition coefficient (Wildman–Crippen LogP) is 2.66. The first-order chi connectivity index (χ1) is 8.65. The maximum atomic E-state index is 11.8. The zero-order valence-electron chi connectivity index (χ0n) is 9.84. The molecule has 0 saturated carbocycles. The van der Waals surface area contributed by atoms with E-state index in [0.29, 0.717) is 10.7 Å². The smallest absolute Gasteiger partial charge is 0.233 e. The summed E-state index contributed by atoms with van der Waals surface area (Å²) >= 11 is 1.35. The monoisotopic (exact) mass is 260 g/mol. The highest BCUT2D eigenvalue weighted by molar-refractivity contribution is 7.13. The van der Waals surface area contributed by atoms with Gasteiger partial charge in [-0.1, -0.05) is 30.3 Å². The Bertz CT molecular complexity index is 563. The number of Topliss-reactive ketones (excluding diaryl/α,β-unsaturated/α-hetero) is 1. The quantitative estimate of drug-likeness (QED) is 0.679. The molecule has 2 aromatic rings. The Morgan fingerprint density at radius 3 is 2.61 bits per heavy atom. The Kier molecular flexibility index (Phi) is 3.84. The Labute approximate surface area is 109 Å². The Balaban J connectivity index is 1.94. The molecule has 2 rings (SSSR count). The van der Waals surface area contributed by atoms with E-state index in [2.05, 4.69) is 10.3 Å². The lowest BCUT2D eigenvalue weighted by atomic mass is 10.1. The van der Waals surface area contributed by atoms with E-state index in [-0.39, 0.29) is 18.1 Å². The van der Waals surface area contributed by atoms with Crippen LogP contribution in [0.4, 0.5) is 5.13 Å². The van der Waals surface area contributed by atoms with Crippen molar-refractivity contribution in [2.45, 2.75) is 13.3 Å². The summed E-state index contributed by atoms with van der Waals surface area (Å²) in [5.74, 6) is -0.528. The van der Waals surface area contributed by atoms with Crippen molar-refractivity contribution < 1.29 is 9.59 Å². The van der Waals surface area contributed by atoms with Crippen LogP contribution in [-0.2, 0) is 4.79 Å². The zero-order valence-corrected chi connectivity index (χ0v) is 10.7. The minimum Gasteiger partial charge on any atom is -0.302 e. The van der Waals surface area contributed by atoms with E-state index >= 15 is 0 Å². The van der Waals surface area contributed by atoms with E-state index in [0.717, 1.165) is 5.69 Å². The summed E-state index contributed by atoms with van der Waals surface area (Å²) < 4.78 is 0. The number of thiazole rings is 1. The molecule has 1 amide bonds. The van der Waals surface area contributed by atoms with Gasteiger partial charge in [0.05, 0.1) is 12.1 Å². The van der Waals surface area contributed by atoms with Crippen LogP contribution in [0.2, 0.25) is 0 Å². The molecule has 5 heteroatoms. The van der Waals surface area contributed by atoms with E-state index in [9.17, 15) is 9.59 Å². The van der Waals surface area contributed by atoms with Gasteiger partial charge in [0.2, 0.25) is 5.91 Å². The minimum absolute atomic E-state index is 0.164. The molecule has 4 nitrogen and oxygen atoms in total. The zero-order chi connectivity index (χ0) is 13.0. The Morgan fingerprint density at radius 2 is 2.00 bits per heavy atom. The number of carbonyl (C=O) groups is 2. The fourth-order valence-electron chi connectivity index (χ4n) is 1.45. The summed E-state index contributed by atoms with van der Waals surface area (Å²) in [4.78, 5) is 27.5. The van der Waals surface area contributed by atoms with Crippen molar-refractivity contribution in [1.29, 1.82) is 0 Å². The van der Waals surface area contributed by atoms with Crippen molar-refractivity contribution in [3.63, 3.8) is 0 Å². The molecule has 0 bridgehead atoms. The number of amides is 1. The molecule has 1 N–H and O–H groups in total. The van der Waals surface area contributed by atoms with Crippen molar-refractivity contribution >= 4 is 28.2 Å². The highest BCUT2D eigenvalue weighted by Crippen LogP contribution is 2.14. The molecule has 18 heavy (non-hydrogen) atoms. The van der Waals surface area contributed by atoms with Gasteiger partial charge in [-0.05, 0) is 6.92 Å². The molecule has 0 spiro atoms. The molecule has 0 aliphatic carbocycles. The second-order valence-electron chi connectivity index (χ2n) is 3.81. The molecule has 0 radical (unpaired) electrons. The molecular weight excluding hydrogens is 248 g/mol. The Morgan fingerprint density at radius 1 is 1.28 bits per heavy atom. The van der Waals surface area contributed by atoms with E-state index in [1.54, 1.807) is 24.3 Å². The highest BCUT2D eigenvalue weighted by atomic mass is 32.1. The normalized spacial score (nSPS) is 10.1. The number of anilines is 1. The van der Waals surface area contributed by atoms with Crippen LogP contribution in [0.3, 0.4) is 0 Å². The topological polar surface area (TPSA) is 59.1 Å². The molecule has 0 unspecified atom stereocenters. The summed E-state index contributed by atoms with van der Waals surface area (Å²) in [7, 11) is 0. The fraction of sp³-hybridized carbons (Fsp3) is 0.154. The average Bonchev–Trinajstić information content (AvgIpc) is 2.75. The number of carbonyl (C=O) groups excluding carboxylic acids is 2. The number of ketones is 1. The number of nitrogens with one attached hydrogen (secondary N) is 1. The maximum absolute atomic E-state index is 11.8. The van der Waals surface area contributed by atoms with Crippen molar-refractivity contribution in [1.82, 2.24) is 4.98 Å². The standard InChI is InChI=1S/C13H12N2O2S/c1-9-8-18-13(14-9)15-12(17)7-11(16)10-5-3-2-4-6-10/h2-6,8H,7H2,1H3,(H,14,15,17). The summed E-state index contributed by atoms with van der Waals surface area (Å²) in [6.07, 6.45) is -0.164. The van der Waals surface area contributed by atoms with Gasteiger partial charge in [-0.25, -0.2) is 4.98 Å². The van der Waals surface area contributed by atoms with Crippen LogP contribution in [0.15, 0.2) is 35.7 Å². The van der Waals surface area contributed by atoms with E-state index in [1.165, 1.54) is 11.3 Å². The van der Waals surface area contributed by atoms with Gasteiger partial charge in [0, 0.05) is 10.9 Å². The molecule has 1 aromatic heterocycles. The van der Waals surface area contributed by atoms with Crippen molar-refractivity contribution in [2.24, 2.45) is 0 Å². The van der Waals surface area contributed by atoms with Crippen molar-refractivity contribution in [2.75, 3.05) is 5.32 Å². The second kappa shape index (κ2) is 5.55. The Hall–Kier alpha value is -2.01. The first-order valence-electron chi connectivity index (χ1n) is 5.45. The largest absolute Gasteiger partial charge is 0.302 e. The fourth-order valence-corrected chi connectivity index (χ4v) is 2.15. The van der Waals surface area contributed by atoms with Crippen molar-refractivity contribution in [3.8, 4) is 0 Å². The molecule has 92 valence electrons. The number of hydrogen-bond acceptors (Lipinski definition) is 4.